The van der Waals surface area contributed by atoms with Gasteiger partial charge in [0.25, 0.3) is 0 Å². The van der Waals surface area contributed by atoms with Crippen LogP contribution in [-0.2, 0) is 16.0 Å². The van der Waals surface area contributed by atoms with Crippen LogP contribution in [0.4, 0.5) is 4.39 Å². The van der Waals surface area contributed by atoms with Crippen molar-refractivity contribution in [1.82, 2.24) is 15.1 Å². The maximum Gasteiger partial charge on any atom is 0.222 e. The molecule has 0 bridgehead atoms. The number of carbonyl (C=O) groups excluding carboxylic acids is 2. The number of amides is 1. The predicted molar refractivity (Wildman–Crippen MR) is 149 cm³/mol. The number of likely N-dealkylation sites (N-methyl/N-ethyl adjacent to an activating group) is 1. The van der Waals surface area contributed by atoms with E-state index in [0.717, 1.165) is 50.4 Å². The number of nitrogens with one attached hydrogen (secondary N) is 1. The van der Waals surface area contributed by atoms with Gasteiger partial charge in [0.15, 0.2) is 0 Å². The molecule has 8 heteroatoms. The molecule has 1 heterocycles. The number of hydrogen-bond donors (Lipinski definition) is 1. The van der Waals surface area contributed by atoms with Crippen molar-refractivity contribution in [2.75, 3.05) is 47.3 Å². The van der Waals surface area contributed by atoms with E-state index < -0.39 is 0 Å². The van der Waals surface area contributed by atoms with Crippen LogP contribution in [-0.4, -0.2) is 75.7 Å². The molecule has 1 aliphatic heterocycles. The van der Waals surface area contributed by atoms with Gasteiger partial charge in [-0.2, -0.15) is 0 Å². The first-order valence-corrected chi connectivity index (χ1v) is 12.1. The maximum absolute atomic E-state index is 12.4. The Balaban J connectivity index is 0.000000783. The third kappa shape index (κ3) is 13.2. The quantitative estimate of drug-likeness (QED) is 0.511. The second kappa shape index (κ2) is 19.2. The number of amidine groups is 1. The number of halogens is 2. The number of aryl methyl sites for hydroxylation is 1. The molecule has 0 atom stereocenters. The van der Waals surface area contributed by atoms with E-state index in [-0.39, 0.29) is 11.7 Å². The Morgan fingerprint density at radius 1 is 1.08 bits per heavy atom. The van der Waals surface area contributed by atoms with E-state index in [1.807, 2.05) is 32.8 Å². The summed E-state index contributed by atoms with van der Waals surface area (Å²) < 4.78 is 12.4. The molecule has 198 valence electrons. The standard InChI is InChI=1S/C18H28N4O.C7H6ClF.C2H4.CH2O/c1-21(2)13-4-5-17(23)22(3)14-10-15-6-8-16(9-7-15)18-19-11-12-20-18;1-5-4-6(8)2-3-7(5)9;2*1-2/h6-9H,4-5,10-14H2,1-3H3,(H,19,20);2-4H,1H3;1-2H2;1H2. The van der Waals surface area contributed by atoms with Gasteiger partial charge in [-0.25, -0.2) is 4.39 Å². The van der Waals surface area contributed by atoms with Crippen LogP contribution in [0.2, 0.25) is 5.02 Å². The lowest BCUT2D eigenvalue weighted by molar-refractivity contribution is -0.130. The second-order valence-corrected chi connectivity index (χ2v) is 8.66. The van der Waals surface area contributed by atoms with Crippen LogP contribution in [0.3, 0.4) is 0 Å². The van der Waals surface area contributed by atoms with Crippen LogP contribution in [0.5, 0.6) is 0 Å². The molecule has 0 aromatic heterocycles. The molecule has 0 fully saturated rings. The van der Waals surface area contributed by atoms with Crippen LogP contribution in [0.15, 0.2) is 60.6 Å². The van der Waals surface area contributed by atoms with Crippen LogP contribution in [0.1, 0.15) is 29.5 Å². The molecular formula is C28H40ClFN4O2. The van der Waals surface area contributed by atoms with E-state index in [1.165, 1.54) is 17.7 Å². The van der Waals surface area contributed by atoms with Gasteiger partial charge < -0.3 is 19.9 Å². The summed E-state index contributed by atoms with van der Waals surface area (Å²) in [6.07, 6.45) is 2.43. The molecular weight excluding hydrogens is 479 g/mol. The summed E-state index contributed by atoms with van der Waals surface area (Å²) in [5, 5.41) is 3.86. The Morgan fingerprint density at radius 3 is 2.22 bits per heavy atom. The van der Waals surface area contributed by atoms with E-state index in [1.54, 1.807) is 13.0 Å². The van der Waals surface area contributed by atoms with Gasteiger partial charge in [-0.1, -0.05) is 35.9 Å². The minimum absolute atomic E-state index is 0.209. The molecule has 3 rings (SSSR count). The highest BCUT2D eigenvalue weighted by Gasteiger charge is 2.10. The number of benzene rings is 2. The van der Waals surface area contributed by atoms with Crippen LogP contribution in [0.25, 0.3) is 0 Å². The van der Waals surface area contributed by atoms with Crippen molar-refractivity contribution in [3.05, 3.63) is 83.2 Å². The summed E-state index contributed by atoms with van der Waals surface area (Å²) in [7, 11) is 5.96. The lowest BCUT2D eigenvalue weighted by atomic mass is 10.1. The highest BCUT2D eigenvalue weighted by molar-refractivity contribution is 6.30. The average Bonchev–Trinajstić information content (AvgIpc) is 3.43. The lowest BCUT2D eigenvalue weighted by Crippen LogP contribution is -2.29. The maximum atomic E-state index is 12.4. The van der Waals surface area contributed by atoms with Crippen molar-refractivity contribution in [3.63, 3.8) is 0 Å². The summed E-state index contributed by atoms with van der Waals surface area (Å²) in [5.74, 6) is 1.01. The molecule has 0 unspecified atom stereocenters. The number of rotatable bonds is 8. The highest BCUT2D eigenvalue weighted by atomic mass is 35.5. The lowest BCUT2D eigenvalue weighted by Gasteiger charge is -2.18. The monoisotopic (exact) mass is 518 g/mol. The SMILES string of the molecule is C=C.C=O.CN(C)CCCC(=O)N(C)CCc1ccc(C2=NCCN2)cc1.Cc1cc(Cl)ccc1F. The van der Waals surface area contributed by atoms with Crippen molar-refractivity contribution in [1.29, 1.82) is 0 Å². The fourth-order valence-corrected chi connectivity index (χ4v) is 3.41. The van der Waals surface area contributed by atoms with E-state index in [4.69, 9.17) is 16.4 Å². The van der Waals surface area contributed by atoms with Gasteiger partial charge in [0, 0.05) is 37.1 Å². The topological polar surface area (TPSA) is 65.0 Å². The van der Waals surface area contributed by atoms with Crippen molar-refractivity contribution in [3.8, 4) is 0 Å². The predicted octanol–water partition coefficient (Wildman–Crippen LogP) is 4.78. The van der Waals surface area contributed by atoms with E-state index in [0.29, 0.717) is 17.0 Å². The summed E-state index contributed by atoms with van der Waals surface area (Å²) >= 11 is 5.55. The summed E-state index contributed by atoms with van der Waals surface area (Å²) in [6, 6.07) is 12.9. The molecule has 0 saturated heterocycles. The van der Waals surface area contributed by atoms with Gasteiger partial charge in [-0.3, -0.25) is 9.79 Å². The Bertz CT molecular complexity index is 934. The van der Waals surface area contributed by atoms with Gasteiger partial charge >= 0.3 is 0 Å². The minimum Gasteiger partial charge on any atom is -0.368 e. The fraction of sp³-hybridized carbons (Fsp3) is 0.393. The molecule has 1 N–H and O–H groups in total. The third-order valence-corrected chi connectivity index (χ3v) is 5.41. The molecule has 1 amide bonds. The minimum atomic E-state index is -0.209. The highest BCUT2D eigenvalue weighted by Crippen LogP contribution is 2.13. The normalized spacial score (nSPS) is 11.5. The van der Waals surface area contributed by atoms with Gasteiger partial charge in [-0.15, -0.1) is 13.2 Å². The van der Waals surface area contributed by atoms with Crippen molar-refractivity contribution in [2.45, 2.75) is 26.2 Å². The molecule has 36 heavy (non-hydrogen) atoms. The summed E-state index contributed by atoms with van der Waals surface area (Å²) in [4.78, 5) is 28.4. The van der Waals surface area contributed by atoms with Gasteiger partial charge in [0.2, 0.25) is 5.91 Å². The zero-order valence-corrected chi connectivity index (χ0v) is 22.8. The van der Waals surface area contributed by atoms with Crippen molar-refractivity contribution in [2.24, 2.45) is 4.99 Å². The largest absolute Gasteiger partial charge is 0.368 e. The molecule has 6 nitrogen and oxygen atoms in total. The summed E-state index contributed by atoms with van der Waals surface area (Å²) in [5.41, 5.74) is 2.97. The first-order chi connectivity index (χ1) is 17.3. The van der Waals surface area contributed by atoms with Gasteiger partial charge in [-0.05, 0) is 69.7 Å². The number of hydrogen-bond acceptors (Lipinski definition) is 5. The molecule has 2 aromatic carbocycles. The van der Waals surface area contributed by atoms with E-state index in [9.17, 15) is 9.18 Å². The molecule has 0 saturated carbocycles. The Labute approximate surface area is 220 Å². The molecule has 2 aromatic rings. The average molecular weight is 519 g/mol. The molecule has 0 radical (unpaired) electrons. The first-order valence-electron chi connectivity index (χ1n) is 11.7. The van der Waals surface area contributed by atoms with Gasteiger partial charge in [0.1, 0.15) is 18.4 Å². The van der Waals surface area contributed by atoms with Gasteiger partial charge in [0.05, 0.1) is 6.54 Å². The zero-order valence-electron chi connectivity index (χ0n) is 22.0. The summed E-state index contributed by atoms with van der Waals surface area (Å²) in [6.45, 7) is 13.2. The van der Waals surface area contributed by atoms with Crippen molar-refractivity contribution < 1.29 is 14.0 Å². The Kier molecular flexibility index (Phi) is 17.6. The molecule has 1 aliphatic rings. The second-order valence-electron chi connectivity index (χ2n) is 8.22. The number of nitrogens with zero attached hydrogens (tertiary/aromatic N) is 3. The first kappa shape index (κ1) is 33.0. The Morgan fingerprint density at radius 2 is 1.72 bits per heavy atom. The smallest absolute Gasteiger partial charge is 0.222 e. The van der Waals surface area contributed by atoms with E-state index in [2.05, 4.69) is 52.6 Å². The third-order valence-electron chi connectivity index (χ3n) is 5.18. The van der Waals surface area contributed by atoms with Crippen molar-refractivity contribution >= 4 is 30.1 Å². The molecule has 0 spiro atoms. The fourth-order valence-electron chi connectivity index (χ4n) is 3.19. The van der Waals surface area contributed by atoms with Crippen LogP contribution in [0, 0.1) is 12.7 Å². The van der Waals surface area contributed by atoms with Crippen LogP contribution >= 0.6 is 11.6 Å². The van der Waals surface area contributed by atoms with Crippen LogP contribution < -0.4 is 5.32 Å². The molecule has 0 aliphatic carbocycles. The number of carbonyl (C=O) groups is 2. The Hall–Kier alpha value is -3.03. The zero-order chi connectivity index (χ0) is 27.5. The van der Waals surface area contributed by atoms with E-state index >= 15 is 0 Å². The number of aliphatic imine (C=N–C) groups is 1.